The minimum atomic E-state index is 0.110. The third-order valence-corrected chi connectivity index (χ3v) is 7.81. The lowest BCUT2D eigenvalue weighted by Gasteiger charge is -2.32. The predicted octanol–water partition coefficient (Wildman–Crippen LogP) is 5.90. The highest BCUT2D eigenvalue weighted by Gasteiger charge is 2.25. The third-order valence-electron chi connectivity index (χ3n) is 7.81. The van der Waals surface area contributed by atoms with E-state index in [2.05, 4.69) is 25.1 Å². The van der Waals surface area contributed by atoms with Gasteiger partial charge in [-0.25, -0.2) is 0 Å². The lowest BCUT2D eigenvalue weighted by atomic mass is 9.93. The number of aryl methyl sites for hydroxylation is 2. The van der Waals surface area contributed by atoms with Gasteiger partial charge in [0, 0.05) is 37.3 Å². The summed E-state index contributed by atoms with van der Waals surface area (Å²) in [6.45, 7) is 5.78. The van der Waals surface area contributed by atoms with E-state index in [0.29, 0.717) is 19.1 Å². The van der Waals surface area contributed by atoms with Gasteiger partial charge in [-0.2, -0.15) is 0 Å². The topological polar surface area (TPSA) is 49.9 Å². The van der Waals surface area contributed by atoms with Crippen molar-refractivity contribution < 1.29 is 14.3 Å². The number of ether oxygens (including phenoxy) is 1. The highest BCUT2D eigenvalue weighted by Crippen LogP contribution is 2.27. The number of carbonyl (C=O) groups is 2. The Bertz CT molecular complexity index is 1230. The van der Waals surface area contributed by atoms with E-state index in [1.807, 2.05) is 64.4 Å². The largest absolute Gasteiger partial charge is 0.494 e. The first-order chi connectivity index (χ1) is 18.1. The molecule has 192 valence electrons. The Labute approximate surface area is 220 Å². The smallest absolute Gasteiger partial charge is 0.254 e. The van der Waals surface area contributed by atoms with Crippen molar-refractivity contribution in [2.45, 2.75) is 45.6 Å². The van der Waals surface area contributed by atoms with Crippen LogP contribution in [0, 0.1) is 12.8 Å². The number of hydrogen-bond acceptors (Lipinski definition) is 3. The van der Waals surface area contributed by atoms with Gasteiger partial charge < -0.3 is 14.5 Å². The van der Waals surface area contributed by atoms with Crippen LogP contribution in [0.5, 0.6) is 5.75 Å². The Kier molecular flexibility index (Phi) is 7.88. The second-order valence-corrected chi connectivity index (χ2v) is 10.3. The molecule has 2 amide bonds. The summed E-state index contributed by atoms with van der Waals surface area (Å²) in [5, 5.41) is 0. The molecule has 0 radical (unpaired) electrons. The molecule has 0 N–H and O–H groups in total. The van der Waals surface area contributed by atoms with Crippen molar-refractivity contribution in [1.82, 2.24) is 9.80 Å². The van der Waals surface area contributed by atoms with Crippen LogP contribution in [-0.4, -0.2) is 47.9 Å². The summed E-state index contributed by atoms with van der Waals surface area (Å²) in [5.74, 6) is 1.65. The molecular formula is C32H36N2O3. The molecule has 0 saturated carbocycles. The van der Waals surface area contributed by atoms with Crippen LogP contribution in [0.4, 0.5) is 0 Å². The van der Waals surface area contributed by atoms with Gasteiger partial charge in [0.15, 0.2) is 0 Å². The van der Waals surface area contributed by atoms with Crippen molar-refractivity contribution in [3.05, 3.63) is 101 Å². The van der Waals surface area contributed by atoms with Crippen molar-refractivity contribution in [3.8, 4) is 5.75 Å². The maximum absolute atomic E-state index is 13.3. The minimum absolute atomic E-state index is 0.110. The van der Waals surface area contributed by atoms with Gasteiger partial charge in [-0.15, -0.1) is 0 Å². The number of hydrogen-bond donors (Lipinski definition) is 0. The van der Waals surface area contributed by atoms with Crippen LogP contribution in [0.2, 0.25) is 0 Å². The van der Waals surface area contributed by atoms with Gasteiger partial charge >= 0.3 is 0 Å². The lowest BCUT2D eigenvalue weighted by Crippen LogP contribution is -2.38. The van der Waals surface area contributed by atoms with Gasteiger partial charge in [0.2, 0.25) is 0 Å². The highest BCUT2D eigenvalue weighted by atomic mass is 16.5. The molecule has 2 heterocycles. The van der Waals surface area contributed by atoms with E-state index >= 15 is 0 Å². The fraction of sp³-hybridized carbons (Fsp3) is 0.375. The van der Waals surface area contributed by atoms with Crippen LogP contribution in [-0.2, 0) is 13.0 Å². The minimum Gasteiger partial charge on any atom is -0.494 e. The molecule has 2 aliphatic heterocycles. The standard InChI is InChI=1S/C32H36N2O3/c1-24-8-5-6-11-28(24)23-34-18-7-12-27-22-29(13-14-30(27)32(34)36)37-21-17-25-15-19-33(20-16-25)31(35)26-9-3-2-4-10-26/h2-6,8-11,13-14,22,25H,7,12,15-21,23H2,1H3. The molecule has 0 aliphatic carbocycles. The maximum Gasteiger partial charge on any atom is 0.254 e. The lowest BCUT2D eigenvalue weighted by molar-refractivity contribution is 0.0679. The van der Waals surface area contributed by atoms with Gasteiger partial charge in [-0.05, 0) is 92.0 Å². The van der Waals surface area contributed by atoms with Crippen LogP contribution < -0.4 is 4.74 Å². The molecular weight excluding hydrogens is 460 g/mol. The fourth-order valence-electron chi connectivity index (χ4n) is 5.48. The number of amides is 2. The monoisotopic (exact) mass is 496 g/mol. The molecule has 2 aliphatic rings. The molecule has 5 nitrogen and oxygen atoms in total. The summed E-state index contributed by atoms with van der Waals surface area (Å²) in [6.07, 6.45) is 4.84. The Hall–Kier alpha value is -3.60. The van der Waals surface area contributed by atoms with Crippen LogP contribution >= 0.6 is 0 Å². The molecule has 3 aromatic rings. The number of carbonyl (C=O) groups excluding carboxylic acids is 2. The van der Waals surface area contributed by atoms with Gasteiger partial charge in [-0.3, -0.25) is 9.59 Å². The second-order valence-electron chi connectivity index (χ2n) is 10.3. The van der Waals surface area contributed by atoms with E-state index in [1.165, 1.54) is 11.1 Å². The Morgan fingerprint density at radius 2 is 1.70 bits per heavy atom. The van der Waals surface area contributed by atoms with Gasteiger partial charge in [0.1, 0.15) is 5.75 Å². The highest BCUT2D eigenvalue weighted by molar-refractivity contribution is 5.96. The molecule has 1 saturated heterocycles. The van der Waals surface area contributed by atoms with E-state index in [0.717, 1.165) is 74.2 Å². The Morgan fingerprint density at radius 3 is 2.49 bits per heavy atom. The Balaban J connectivity index is 1.12. The fourth-order valence-corrected chi connectivity index (χ4v) is 5.48. The number of piperidine rings is 1. The van der Waals surface area contributed by atoms with Gasteiger partial charge in [0.25, 0.3) is 11.8 Å². The zero-order valence-corrected chi connectivity index (χ0v) is 21.7. The van der Waals surface area contributed by atoms with Gasteiger partial charge in [0.05, 0.1) is 6.61 Å². The molecule has 3 aromatic carbocycles. The van der Waals surface area contributed by atoms with Crippen LogP contribution in [0.1, 0.15) is 63.1 Å². The van der Waals surface area contributed by atoms with E-state index in [1.54, 1.807) is 0 Å². The summed E-state index contributed by atoms with van der Waals surface area (Å²) >= 11 is 0. The summed E-state index contributed by atoms with van der Waals surface area (Å²) in [7, 11) is 0. The molecule has 0 spiro atoms. The summed E-state index contributed by atoms with van der Waals surface area (Å²) in [4.78, 5) is 29.9. The van der Waals surface area contributed by atoms with Crippen molar-refractivity contribution in [3.63, 3.8) is 0 Å². The first kappa shape index (κ1) is 25.1. The van der Waals surface area contributed by atoms with Crippen LogP contribution in [0.3, 0.4) is 0 Å². The van der Waals surface area contributed by atoms with E-state index in [-0.39, 0.29) is 11.8 Å². The Morgan fingerprint density at radius 1 is 0.946 bits per heavy atom. The number of benzene rings is 3. The third kappa shape index (κ3) is 6.04. The average molecular weight is 497 g/mol. The summed E-state index contributed by atoms with van der Waals surface area (Å²) < 4.78 is 6.13. The van der Waals surface area contributed by atoms with Crippen molar-refractivity contribution in [2.75, 3.05) is 26.2 Å². The van der Waals surface area contributed by atoms with Crippen molar-refractivity contribution >= 4 is 11.8 Å². The van der Waals surface area contributed by atoms with Crippen LogP contribution in [0.15, 0.2) is 72.8 Å². The molecule has 0 unspecified atom stereocenters. The van der Waals surface area contributed by atoms with Crippen LogP contribution in [0.25, 0.3) is 0 Å². The van der Waals surface area contributed by atoms with E-state index in [9.17, 15) is 9.59 Å². The van der Waals surface area contributed by atoms with E-state index in [4.69, 9.17) is 4.74 Å². The zero-order valence-electron chi connectivity index (χ0n) is 21.7. The molecule has 5 heteroatoms. The zero-order chi connectivity index (χ0) is 25.6. The second kappa shape index (κ2) is 11.6. The van der Waals surface area contributed by atoms with E-state index < -0.39 is 0 Å². The molecule has 0 atom stereocenters. The van der Waals surface area contributed by atoms with Crippen molar-refractivity contribution in [2.24, 2.45) is 5.92 Å². The molecule has 1 fully saturated rings. The number of nitrogens with zero attached hydrogens (tertiary/aromatic N) is 2. The number of likely N-dealkylation sites (tertiary alicyclic amines) is 1. The average Bonchev–Trinajstić information content (AvgIpc) is 3.08. The SMILES string of the molecule is Cc1ccccc1CN1CCCc2cc(OCCC3CCN(C(=O)c4ccccc4)CC3)ccc2C1=O. The first-order valence-electron chi connectivity index (χ1n) is 13.5. The predicted molar refractivity (Wildman–Crippen MR) is 146 cm³/mol. The number of fused-ring (bicyclic) bond motifs is 1. The molecule has 0 bridgehead atoms. The normalized spacial score (nSPS) is 16.3. The number of rotatable bonds is 7. The molecule has 0 aromatic heterocycles. The van der Waals surface area contributed by atoms with Gasteiger partial charge in [-0.1, -0.05) is 42.5 Å². The summed E-state index contributed by atoms with van der Waals surface area (Å²) in [5.41, 5.74) is 5.08. The summed E-state index contributed by atoms with van der Waals surface area (Å²) in [6, 6.07) is 23.8. The first-order valence-corrected chi connectivity index (χ1v) is 13.5. The van der Waals surface area contributed by atoms with Crippen molar-refractivity contribution in [1.29, 1.82) is 0 Å². The maximum atomic E-state index is 13.3. The molecule has 37 heavy (non-hydrogen) atoms. The molecule has 5 rings (SSSR count). The quantitative estimate of drug-likeness (QED) is 0.409.